The molecule has 1 heterocycles. The third kappa shape index (κ3) is 3.25. The van der Waals surface area contributed by atoms with Crippen LogP contribution in [0.5, 0.6) is 0 Å². The second-order valence-corrected chi connectivity index (χ2v) is 6.50. The molecule has 0 aromatic rings. The average Bonchev–Trinajstić information content (AvgIpc) is 2.40. The van der Waals surface area contributed by atoms with Crippen molar-refractivity contribution in [2.75, 3.05) is 13.1 Å². The van der Waals surface area contributed by atoms with Crippen LogP contribution in [0, 0.1) is 11.3 Å². The van der Waals surface area contributed by atoms with Crippen LogP contribution in [-0.4, -0.2) is 25.0 Å². The first-order valence-corrected chi connectivity index (χ1v) is 7.63. The van der Waals surface area contributed by atoms with Crippen LogP contribution in [0.4, 0.5) is 0 Å². The molecule has 0 radical (unpaired) electrons. The maximum absolute atomic E-state index is 12.4. The number of nitrogens with one attached hydrogen (secondary N) is 2. The Morgan fingerprint density at radius 3 is 2.61 bits per heavy atom. The Kier molecular flexibility index (Phi) is 4.66. The smallest absolute Gasteiger partial charge is 0.227 e. The van der Waals surface area contributed by atoms with E-state index in [0.717, 1.165) is 25.9 Å². The molecule has 0 bridgehead atoms. The normalized spacial score (nSPS) is 31.9. The van der Waals surface area contributed by atoms with E-state index < -0.39 is 0 Å². The summed E-state index contributed by atoms with van der Waals surface area (Å²) >= 11 is 0. The van der Waals surface area contributed by atoms with Gasteiger partial charge in [0.25, 0.3) is 0 Å². The number of amides is 1. The van der Waals surface area contributed by atoms with Crippen LogP contribution in [-0.2, 0) is 4.79 Å². The standard InChI is InChI=1S/C15H28N2O/c1-12(13-7-4-3-5-8-13)17-14(18)15(2)9-6-10-16-11-15/h12-13,16H,3-11H2,1-2H3,(H,17,18)/t12-,15?/m1/s1. The van der Waals surface area contributed by atoms with Gasteiger partial charge in [0, 0.05) is 12.6 Å². The Balaban J connectivity index is 1.85. The Bertz CT molecular complexity index is 278. The molecule has 104 valence electrons. The summed E-state index contributed by atoms with van der Waals surface area (Å²) in [5, 5.41) is 6.63. The summed E-state index contributed by atoms with van der Waals surface area (Å²) in [7, 11) is 0. The second kappa shape index (κ2) is 6.05. The quantitative estimate of drug-likeness (QED) is 0.810. The number of carbonyl (C=O) groups is 1. The molecule has 2 N–H and O–H groups in total. The van der Waals surface area contributed by atoms with Crippen LogP contribution in [0.3, 0.4) is 0 Å². The molecule has 18 heavy (non-hydrogen) atoms. The van der Waals surface area contributed by atoms with Crippen LogP contribution in [0.1, 0.15) is 58.8 Å². The molecule has 2 fully saturated rings. The van der Waals surface area contributed by atoms with Gasteiger partial charge < -0.3 is 10.6 Å². The molecule has 3 heteroatoms. The third-order valence-corrected chi connectivity index (χ3v) is 4.86. The molecule has 2 aliphatic rings. The molecule has 3 nitrogen and oxygen atoms in total. The van der Waals surface area contributed by atoms with Gasteiger partial charge in [0.2, 0.25) is 5.91 Å². The van der Waals surface area contributed by atoms with E-state index in [1.807, 2.05) is 0 Å². The van der Waals surface area contributed by atoms with Gasteiger partial charge in [0.1, 0.15) is 0 Å². The molecular formula is C15H28N2O. The minimum Gasteiger partial charge on any atom is -0.353 e. The molecule has 2 atom stereocenters. The first-order valence-electron chi connectivity index (χ1n) is 7.63. The molecule has 1 amide bonds. The van der Waals surface area contributed by atoms with Gasteiger partial charge in [-0.3, -0.25) is 4.79 Å². The molecule has 0 aromatic heterocycles. The van der Waals surface area contributed by atoms with Crippen molar-refractivity contribution in [3.63, 3.8) is 0 Å². The molecule has 0 aromatic carbocycles. The fourth-order valence-corrected chi connectivity index (χ4v) is 3.38. The van der Waals surface area contributed by atoms with Crippen molar-refractivity contribution in [1.82, 2.24) is 10.6 Å². The predicted molar refractivity (Wildman–Crippen MR) is 74.4 cm³/mol. The van der Waals surface area contributed by atoms with E-state index in [2.05, 4.69) is 24.5 Å². The summed E-state index contributed by atoms with van der Waals surface area (Å²) in [6, 6.07) is 0.344. The van der Waals surface area contributed by atoms with Crippen LogP contribution in [0.2, 0.25) is 0 Å². The van der Waals surface area contributed by atoms with E-state index in [0.29, 0.717) is 12.0 Å². The van der Waals surface area contributed by atoms with Gasteiger partial charge in [-0.1, -0.05) is 19.3 Å². The molecule has 1 saturated heterocycles. The van der Waals surface area contributed by atoms with Crippen molar-refractivity contribution < 1.29 is 4.79 Å². The Morgan fingerprint density at radius 2 is 2.00 bits per heavy atom. The second-order valence-electron chi connectivity index (χ2n) is 6.50. The van der Waals surface area contributed by atoms with Crippen LogP contribution >= 0.6 is 0 Å². The van der Waals surface area contributed by atoms with Gasteiger partial charge in [-0.25, -0.2) is 0 Å². The fourth-order valence-electron chi connectivity index (χ4n) is 3.38. The minimum absolute atomic E-state index is 0.193. The monoisotopic (exact) mass is 252 g/mol. The van der Waals surface area contributed by atoms with Gasteiger partial charge in [-0.15, -0.1) is 0 Å². The Hall–Kier alpha value is -0.570. The highest BCUT2D eigenvalue weighted by Crippen LogP contribution is 2.29. The molecule has 1 unspecified atom stereocenters. The SMILES string of the molecule is C[C@@H](NC(=O)C1(C)CCCNC1)C1CCCCC1. The fraction of sp³-hybridized carbons (Fsp3) is 0.933. The Labute approximate surface area is 111 Å². The van der Waals surface area contributed by atoms with Gasteiger partial charge in [0.05, 0.1) is 5.41 Å². The van der Waals surface area contributed by atoms with Crippen molar-refractivity contribution in [2.45, 2.75) is 64.8 Å². The highest BCUT2D eigenvalue weighted by atomic mass is 16.2. The zero-order valence-corrected chi connectivity index (χ0v) is 11.9. The summed E-state index contributed by atoms with van der Waals surface area (Å²) in [4.78, 5) is 12.4. The third-order valence-electron chi connectivity index (χ3n) is 4.86. The summed E-state index contributed by atoms with van der Waals surface area (Å²) in [5.74, 6) is 0.954. The molecule has 1 aliphatic heterocycles. The molecular weight excluding hydrogens is 224 g/mol. The minimum atomic E-state index is -0.193. The highest BCUT2D eigenvalue weighted by molar-refractivity contribution is 5.82. The summed E-state index contributed by atoms with van der Waals surface area (Å²) in [6.07, 6.45) is 8.75. The number of carbonyl (C=O) groups excluding carboxylic acids is 1. The first-order chi connectivity index (χ1) is 8.62. The average molecular weight is 252 g/mol. The largest absolute Gasteiger partial charge is 0.353 e. The number of hydrogen-bond acceptors (Lipinski definition) is 2. The zero-order chi connectivity index (χ0) is 13.0. The van der Waals surface area contributed by atoms with Crippen LogP contribution in [0.15, 0.2) is 0 Å². The highest BCUT2D eigenvalue weighted by Gasteiger charge is 2.36. The lowest BCUT2D eigenvalue weighted by molar-refractivity contribution is -0.132. The first kappa shape index (κ1) is 13.9. The van der Waals surface area contributed by atoms with Crippen molar-refractivity contribution in [3.8, 4) is 0 Å². The summed E-state index contributed by atoms with van der Waals surface area (Å²) in [6.45, 7) is 6.17. The van der Waals surface area contributed by atoms with Crippen molar-refractivity contribution in [2.24, 2.45) is 11.3 Å². The zero-order valence-electron chi connectivity index (χ0n) is 11.9. The van der Waals surface area contributed by atoms with E-state index in [1.54, 1.807) is 0 Å². The summed E-state index contributed by atoms with van der Waals surface area (Å²) in [5.41, 5.74) is -0.193. The van der Waals surface area contributed by atoms with E-state index in [9.17, 15) is 4.79 Å². The number of hydrogen-bond donors (Lipinski definition) is 2. The van der Waals surface area contributed by atoms with E-state index >= 15 is 0 Å². The molecule has 2 rings (SSSR count). The lowest BCUT2D eigenvalue weighted by atomic mass is 9.80. The van der Waals surface area contributed by atoms with Gasteiger partial charge >= 0.3 is 0 Å². The van der Waals surface area contributed by atoms with E-state index in [4.69, 9.17) is 0 Å². The number of rotatable bonds is 3. The van der Waals surface area contributed by atoms with Crippen molar-refractivity contribution in [3.05, 3.63) is 0 Å². The van der Waals surface area contributed by atoms with Gasteiger partial charge in [-0.05, 0) is 52.0 Å². The lowest BCUT2D eigenvalue weighted by Crippen LogP contribution is -2.52. The summed E-state index contributed by atoms with van der Waals surface area (Å²) < 4.78 is 0. The number of piperidine rings is 1. The maximum Gasteiger partial charge on any atom is 0.227 e. The van der Waals surface area contributed by atoms with E-state index in [1.165, 1.54) is 32.1 Å². The Morgan fingerprint density at radius 1 is 1.28 bits per heavy atom. The predicted octanol–water partition coefficient (Wildman–Crippen LogP) is 2.46. The van der Waals surface area contributed by atoms with Gasteiger partial charge in [0.15, 0.2) is 0 Å². The van der Waals surface area contributed by atoms with Crippen molar-refractivity contribution >= 4 is 5.91 Å². The van der Waals surface area contributed by atoms with E-state index in [-0.39, 0.29) is 11.3 Å². The van der Waals surface area contributed by atoms with Crippen LogP contribution in [0.25, 0.3) is 0 Å². The van der Waals surface area contributed by atoms with Crippen LogP contribution < -0.4 is 10.6 Å². The molecule has 1 aliphatic carbocycles. The lowest BCUT2D eigenvalue weighted by Gasteiger charge is -2.36. The molecule has 0 spiro atoms. The molecule has 1 saturated carbocycles. The van der Waals surface area contributed by atoms with Crippen molar-refractivity contribution in [1.29, 1.82) is 0 Å². The maximum atomic E-state index is 12.4. The topological polar surface area (TPSA) is 41.1 Å². The van der Waals surface area contributed by atoms with Gasteiger partial charge in [-0.2, -0.15) is 0 Å².